The van der Waals surface area contributed by atoms with Crippen molar-refractivity contribution in [1.82, 2.24) is 4.90 Å². The normalized spacial score (nSPS) is 23.8. The predicted octanol–water partition coefficient (Wildman–Crippen LogP) is 3.79. The van der Waals surface area contributed by atoms with E-state index in [0.29, 0.717) is 22.3 Å². The molecule has 1 saturated carbocycles. The third-order valence-corrected chi connectivity index (χ3v) is 6.50. The van der Waals surface area contributed by atoms with Gasteiger partial charge in [-0.05, 0) is 24.6 Å². The van der Waals surface area contributed by atoms with Crippen LogP contribution in [0.4, 0.5) is 0 Å². The van der Waals surface area contributed by atoms with E-state index in [2.05, 4.69) is 0 Å². The minimum absolute atomic E-state index is 0.182. The number of Topliss-reactive ketones (excluding diaryl/α,β-unsaturated/α-hetero) is 2. The van der Waals surface area contributed by atoms with Crippen LogP contribution >= 0.6 is 0 Å². The topological polar surface area (TPSA) is 91.8 Å². The monoisotopic (exact) mass is 439 g/mol. The fraction of sp³-hybridized carbons (Fsp3) is 0.185. The number of amides is 2. The molecule has 33 heavy (non-hydrogen) atoms. The summed E-state index contributed by atoms with van der Waals surface area (Å²) in [4.78, 5) is 52.8. The van der Waals surface area contributed by atoms with Crippen molar-refractivity contribution in [2.24, 2.45) is 0 Å². The molecule has 0 saturated heterocycles. The summed E-state index contributed by atoms with van der Waals surface area (Å²) in [7, 11) is 0. The number of benzene rings is 3. The zero-order chi connectivity index (χ0) is 23.4. The zero-order valence-electron chi connectivity index (χ0n) is 17.9. The third kappa shape index (κ3) is 3.22. The van der Waals surface area contributed by atoms with Gasteiger partial charge in [0.1, 0.15) is 0 Å². The Kier molecular flexibility index (Phi) is 4.65. The lowest BCUT2D eigenvalue weighted by molar-refractivity contribution is -0.118. The molecule has 2 aliphatic rings. The van der Waals surface area contributed by atoms with E-state index in [9.17, 15) is 24.3 Å². The van der Waals surface area contributed by atoms with E-state index in [1.165, 1.54) is 17.0 Å². The van der Waals surface area contributed by atoms with Crippen LogP contribution in [-0.2, 0) is 5.54 Å². The van der Waals surface area contributed by atoms with Crippen molar-refractivity contribution in [2.45, 2.75) is 30.9 Å². The van der Waals surface area contributed by atoms with Gasteiger partial charge in [-0.15, -0.1) is 0 Å². The molecule has 0 bridgehead atoms. The van der Waals surface area contributed by atoms with Crippen LogP contribution in [0.5, 0.6) is 0 Å². The Morgan fingerprint density at radius 3 is 1.67 bits per heavy atom. The summed E-state index contributed by atoms with van der Waals surface area (Å²) in [5.41, 5.74) is -0.218. The van der Waals surface area contributed by atoms with E-state index < -0.39 is 34.5 Å². The van der Waals surface area contributed by atoms with E-state index in [0.717, 1.165) is 0 Å². The van der Waals surface area contributed by atoms with Gasteiger partial charge in [0.2, 0.25) is 11.6 Å². The summed E-state index contributed by atoms with van der Waals surface area (Å²) in [6.45, 7) is 1.67. The van der Waals surface area contributed by atoms with Gasteiger partial charge in [-0.3, -0.25) is 24.1 Å². The highest BCUT2D eigenvalue weighted by Gasteiger charge is 2.60. The van der Waals surface area contributed by atoms with Gasteiger partial charge in [0.15, 0.2) is 0 Å². The van der Waals surface area contributed by atoms with Crippen LogP contribution in [0, 0.1) is 0 Å². The molecule has 1 aliphatic heterocycles. The molecular formula is C27H21NO5. The predicted molar refractivity (Wildman–Crippen MR) is 120 cm³/mol. The van der Waals surface area contributed by atoms with Crippen LogP contribution in [0.15, 0.2) is 78.9 Å². The first-order valence-corrected chi connectivity index (χ1v) is 10.7. The van der Waals surface area contributed by atoms with Crippen LogP contribution in [0.2, 0.25) is 0 Å². The highest BCUT2D eigenvalue weighted by atomic mass is 16.3. The van der Waals surface area contributed by atoms with Gasteiger partial charge in [-0.1, -0.05) is 66.7 Å². The molecule has 6 heteroatoms. The Hall–Kier alpha value is -3.90. The Morgan fingerprint density at radius 2 is 1.18 bits per heavy atom. The molecule has 3 aromatic carbocycles. The number of rotatable bonds is 5. The van der Waals surface area contributed by atoms with Crippen molar-refractivity contribution >= 4 is 23.4 Å². The summed E-state index contributed by atoms with van der Waals surface area (Å²) in [6, 6.07) is 21.4. The Labute approximate surface area is 190 Å². The molecule has 1 aliphatic carbocycles. The Balaban J connectivity index is 1.49. The van der Waals surface area contributed by atoms with Crippen LogP contribution in [0.3, 0.4) is 0 Å². The molecular weight excluding hydrogens is 418 g/mol. The fourth-order valence-corrected chi connectivity index (χ4v) is 5.06. The Bertz CT molecular complexity index is 1260. The number of carbonyl (C=O) groups is 4. The van der Waals surface area contributed by atoms with Crippen molar-refractivity contribution in [1.29, 1.82) is 0 Å². The molecule has 6 nitrogen and oxygen atoms in total. The number of aliphatic hydroxyl groups is 1. The van der Waals surface area contributed by atoms with Gasteiger partial charge in [0.25, 0.3) is 11.8 Å². The molecule has 1 N–H and O–H groups in total. The smallest absolute Gasteiger partial charge is 0.262 e. The maximum Gasteiger partial charge on any atom is 0.262 e. The standard InChI is InChI=1S/C27H21NO5/c1-26(33)15-27(16-26,28-24(31)20-9-5-6-10-21(20)25(28)32)19-13-11-18(12-14-19)23(30)22(29)17-7-3-2-4-8-17/h2-14,33H,15-16H2,1H3/t26-,27+. The van der Waals surface area contributed by atoms with Gasteiger partial charge in [-0.2, -0.15) is 0 Å². The highest BCUT2D eigenvalue weighted by molar-refractivity contribution is 6.49. The van der Waals surface area contributed by atoms with Crippen LogP contribution < -0.4 is 0 Å². The van der Waals surface area contributed by atoms with Crippen molar-refractivity contribution in [2.75, 3.05) is 0 Å². The number of fused-ring (bicyclic) bond motifs is 1. The van der Waals surface area contributed by atoms with Gasteiger partial charge in [0, 0.05) is 24.0 Å². The first-order chi connectivity index (χ1) is 15.7. The summed E-state index contributed by atoms with van der Waals surface area (Å²) in [5.74, 6) is -2.04. The second-order valence-electron chi connectivity index (χ2n) is 8.98. The molecule has 1 fully saturated rings. The van der Waals surface area contributed by atoms with E-state index in [1.54, 1.807) is 73.7 Å². The number of hydrogen-bond acceptors (Lipinski definition) is 5. The number of nitrogens with zero attached hydrogens (tertiary/aromatic N) is 1. The number of carbonyl (C=O) groups excluding carboxylic acids is 4. The average Bonchev–Trinajstić information content (AvgIpc) is 3.07. The number of imide groups is 1. The summed E-state index contributed by atoms with van der Waals surface area (Å²) >= 11 is 0. The zero-order valence-corrected chi connectivity index (χ0v) is 17.9. The minimum Gasteiger partial charge on any atom is -0.390 e. The molecule has 5 rings (SSSR count). The lowest BCUT2D eigenvalue weighted by atomic mass is 9.61. The van der Waals surface area contributed by atoms with E-state index >= 15 is 0 Å². The van der Waals surface area contributed by atoms with Gasteiger partial charge in [0.05, 0.1) is 22.3 Å². The highest BCUT2D eigenvalue weighted by Crippen LogP contribution is 2.54. The maximum absolute atomic E-state index is 13.2. The fourth-order valence-electron chi connectivity index (χ4n) is 5.06. The minimum atomic E-state index is -1.03. The summed E-state index contributed by atoms with van der Waals surface area (Å²) in [5, 5.41) is 10.6. The second kappa shape index (κ2) is 7.32. The van der Waals surface area contributed by atoms with Crippen LogP contribution in [-0.4, -0.2) is 39.0 Å². The molecule has 0 unspecified atom stereocenters. The van der Waals surface area contributed by atoms with Crippen molar-refractivity contribution in [3.63, 3.8) is 0 Å². The van der Waals surface area contributed by atoms with Gasteiger partial charge in [-0.25, -0.2) is 0 Å². The third-order valence-electron chi connectivity index (χ3n) is 6.50. The van der Waals surface area contributed by atoms with E-state index in [1.807, 2.05) is 0 Å². The molecule has 164 valence electrons. The average molecular weight is 439 g/mol. The van der Waals surface area contributed by atoms with Crippen molar-refractivity contribution in [3.05, 3.63) is 107 Å². The number of hydrogen-bond donors (Lipinski definition) is 1. The van der Waals surface area contributed by atoms with Gasteiger partial charge >= 0.3 is 0 Å². The quantitative estimate of drug-likeness (QED) is 0.371. The lowest BCUT2D eigenvalue weighted by Gasteiger charge is -2.55. The molecule has 0 aromatic heterocycles. The van der Waals surface area contributed by atoms with E-state index in [-0.39, 0.29) is 18.4 Å². The molecule has 0 atom stereocenters. The SMILES string of the molecule is C[C@]1(O)C[C@@](c2ccc(C(=O)C(=O)c3ccccc3)cc2)(N2C(=O)c3ccccc3C2=O)C1. The first kappa shape index (κ1) is 21.0. The largest absolute Gasteiger partial charge is 0.390 e. The van der Waals surface area contributed by atoms with Crippen molar-refractivity contribution < 1.29 is 24.3 Å². The Morgan fingerprint density at radius 1 is 0.727 bits per heavy atom. The van der Waals surface area contributed by atoms with Crippen LogP contribution in [0.1, 0.15) is 66.8 Å². The van der Waals surface area contributed by atoms with Crippen molar-refractivity contribution in [3.8, 4) is 0 Å². The first-order valence-electron chi connectivity index (χ1n) is 10.7. The summed E-state index contributed by atoms with van der Waals surface area (Å²) < 4.78 is 0. The molecule has 3 aromatic rings. The maximum atomic E-state index is 13.2. The molecule has 0 spiro atoms. The number of ketones is 2. The second-order valence-corrected chi connectivity index (χ2v) is 8.98. The molecule has 2 amide bonds. The lowest BCUT2D eigenvalue weighted by Crippen LogP contribution is -2.63. The van der Waals surface area contributed by atoms with Crippen LogP contribution in [0.25, 0.3) is 0 Å². The summed E-state index contributed by atoms with van der Waals surface area (Å²) in [6.07, 6.45) is 0.364. The van der Waals surface area contributed by atoms with E-state index in [4.69, 9.17) is 0 Å². The molecule has 0 radical (unpaired) electrons. The van der Waals surface area contributed by atoms with Gasteiger partial charge < -0.3 is 5.11 Å². The molecule has 1 heterocycles.